The number of amides is 2. The molecule has 0 spiro atoms. The van der Waals surface area contributed by atoms with Crippen LogP contribution in [0.4, 0.5) is 4.79 Å². The van der Waals surface area contributed by atoms with Gasteiger partial charge in [-0.3, -0.25) is 9.78 Å². The van der Waals surface area contributed by atoms with E-state index in [1.807, 2.05) is 20.8 Å². The van der Waals surface area contributed by atoms with Crippen LogP contribution in [0, 0.1) is 0 Å². The van der Waals surface area contributed by atoms with Crippen LogP contribution < -0.4 is 5.32 Å². The molecular weight excluding hydrogens is 282 g/mol. The van der Waals surface area contributed by atoms with Crippen LogP contribution >= 0.6 is 0 Å². The third kappa shape index (κ3) is 4.72. The van der Waals surface area contributed by atoms with Crippen molar-refractivity contribution in [1.82, 2.24) is 15.2 Å². The predicted molar refractivity (Wildman–Crippen MR) is 82.5 cm³/mol. The summed E-state index contributed by atoms with van der Waals surface area (Å²) in [6.07, 6.45) is 2.94. The first-order chi connectivity index (χ1) is 10.3. The highest BCUT2D eigenvalue weighted by molar-refractivity contribution is 5.92. The molecule has 1 aromatic heterocycles. The Morgan fingerprint density at radius 3 is 2.77 bits per heavy atom. The quantitative estimate of drug-likeness (QED) is 0.909. The zero-order chi connectivity index (χ0) is 16.2. The van der Waals surface area contributed by atoms with Crippen molar-refractivity contribution in [2.24, 2.45) is 0 Å². The summed E-state index contributed by atoms with van der Waals surface area (Å²) in [6.45, 7) is 6.65. The molecule has 2 heterocycles. The van der Waals surface area contributed by atoms with Crippen molar-refractivity contribution in [2.75, 3.05) is 13.1 Å². The fourth-order valence-electron chi connectivity index (χ4n) is 2.34. The Bertz CT molecular complexity index is 525. The summed E-state index contributed by atoms with van der Waals surface area (Å²) in [5.41, 5.74) is -0.127. The largest absolute Gasteiger partial charge is 0.444 e. The van der Waals surface area contributed by atoms with Gasteiger partial charge in [0.1, 0.15) is 11.3 Å². The lowest BCUT2D eigenvalue weighted by molar-refractivity contribution is 0.0185. The van der Waals surface area contributed by atoms with Gasteiger partial charge in [-0.1, -0.05) is 6.07 Å². The van der Waals surface area contributed by atoms with E-state index in [1.54, 1.807) is 29.3 Å². The first-order valence-corrected chi connectivity index (χ1v) is 7.55. The lowest BCUT2D eigenvalue weighted by atomic mass is 10.1. The molecule has 6 nitrogen and oxygen atoms in total. The van der Waals surface area contributed by atoms with Crippen molar-refractivity contribution in [3.8, 4) is 0 Å². The summed E-state index contributed by atoms with van der Waals surface area (Å²) in [6, 6.07) is 5.14. The number of hydrogen-bond donors (Lipinski definition) is 1. The Labute approximate surface area is 130 Å². The Hall–Kier alpha value is -2.11. The van der Waals surface area contributed by atoms with Crippen LogP contribution in [-0.2, 0) is 4.74 Å². The Morgan fingerprint density at radius 2 is 2.14 bits per heavy atom. The van der Waals surface area contributed by atoms with E-state index in [4.69, 9.17) is 4.74 Å². The van der Waals surface area contributed by atoms with Crippen LogP contribution in [0.15, 0.2) is 24.4 Å². The van der Waals surface area contributed by atoms with Gasteiger partial charge < -0.3 is 15.0 Å². The van der Waals surface area contributed by atoms with Crippen molar-refractivity contribution in [1.29, 1.82) is 0 Å². The first-order valence-electron chi connectivity index (χ1n) is 7.55. The molecule has 0 bridgehead atoms. The van der Waals surface area contributed by atoms with Gasteiger partial charge in [-0.25, -0.2) is 4.79 Å². The maximum Gasteiger partial charge on any atom is 0.410 e. The third-order valence-corrected chi connectivity index (χ3v) is 3.31. The van der Waals surface area contributed by atoms with Gasteiger partial charge in [0.05, 0.1) is 0 Å². The fourth-order valence-corrected chi connectivity index (χ4v) is 2.34. The summed E-state index contributed by atoms with van der Waals surface area (Å²) in [5.74, 6) is -0.211. The zero-order valence-electron chi connectivity index (χ0n) is 13.3. The van der Waals surface area contributed by atoms with Crippen molar-refractivity contribution < 1.29 is 14.3 Å². The smallest absolute Gasteiger partial charge is 0.410 e. The molecule has 1 saturated heterocycles. The molecule has 1 N–H and O–H groups in total. The van der Waals surface area contributed by atoms with Gasteiger partial charge in [-0.15, -0.1) is 0 Å². The van der Waals surface area contributed by atoms with Gasteiger partial charge in [0.15, 0.2) is 0 Å². The molecule has 1 aliphatic rings. The number of rotatable bonds is 2. The number of nitrogens with one attached hydrogen (secondary N) is 1. The van der Waals surface area contributed by atoms with Gasteiger partial charge in [0, 0.05) is 25.3 Å². The molecule has 22 heavy (non-hydrogen) atoms. The number of ether oxygens (including phenoxy) is 1. The normalized spacial score (nSPS) is 18.7. The van der Waals surface area contributed by atoms with Crippen molar-refractivity contribution in [3.63, 3.8) is 0 Å². The van der Waals surface area contributed by atoms with Crippen molar-refractivity contribution >= 4 is 12.0 Å². The second-order valence-electron chi connectivity index (χ2n) is 6.45. The first kappa shape index (κ1) is 16.3. The number of hydrogen-bond acceptors (Lipinski definition) is 4. The highest BCUT2D eigenvalue weighted by Gasteiger charge is 2.28. The third-order valence-electron chi connectivity index (χ3n) is 3.31. The molecule has 1 atom stereocenters. The van der Waals surface area contributed by atoms with Gasteiger partial charge in [-0.05, 0) is 45.7 Å². The lowest BCUT2D eigenvalue weighted by Gasteiger charge is -2.34. The van der Waals surface area contributed by atoms with Gasteiger partial charge in [-0.2, -0.15) is 0 Å². The van der Waals surface area contributed by atoms with Crippen LogP contribution in [0.25, 0.3) is 0 Å². The van der Waals surface area contributed by atoms with Crippen LogP contribution in [0.3, 0.4) is 0 Å². The topological polar surface area (TPSA) is 71.5 Å². The van der Waals surface area contributed by atoms with Crippen LogP contribution in [0.1, 0.15) is 44.1 Å². The van der Waals surface area contributed by atoms with E-state index in [-0.39, 0.29) is 18.0 Å². The summed E-state index contributed by atoms with van der Waals surface area (Å²) in [4.78, 5) is 29.9. The second kappa shape index (κ2) is 6.77. The number of pyridine rings is 1. The molecule has 0 saturated carbocycles. The van der Waals surface area contributed by atoms with Crippen LogP contribution in [0.2, 0.25) is 0 Å². The Balaban J connectivity index is 1.91. The Kier molecular flexibility index (Phi) is 5.00. The zero-order valence-corrected chi connectivity index (χ0v) is 13.3. The second-order valence-corrected chi connectivity index (χ2v) is 6.45. The highest BCUT2D eigenvalue weighted by Crippen LogP contribution is 2.15. The summed E-state index contributed by atoms with van der Waals surface area (Å²) in [7, 11) is 0. The molecule has 0 radical (unpaired) electrons. The summed E-state index contributed by atoms with van der Waals surface area (Å²) >= 11 is 0. The maximum absolute atomic E-state index is 12.1. The molecular formula is C16H23N3O3. The number of piperidine rings is 1. The molecule has 2 rings (SSSR count). The maximum atomic E-state index is 12.1. The highest BCUT2D eigenvalue weighted by atomic mass is 16.6. The summed E-state index contributed by atoms with van der Waals surface area (Å²) < 4.78 is 5.38. The minimum Gasteiger partial charge on any atom is -0.444 e. The molecule has 2 amide bonds. The van der Waals surface area contributed by atoms with E-state index in [0.717, 1.165) is 12.8 Å². The van der Waals surface area contributed by atoms with E-state index >= 15 is 0 Å². The van der Waals surface area contributed by atoms with Gasteiger partial charge >= 0.3 is 6.09 Å². The average molecular weight is 305 g/mol. The number of carbonyl (C=O) groups excluding carboxylic acids is 2. The standard InChI is InChI=1S/C16H23N3O3/c1-16(2,3)22-15(21)19-10-6-7-12(11-19)18-14(20)13-8-4-5-9-17-13/h4-5,8-9,12H,6-7,10-11H2,1-3H3,(H,18,20). The van der Waals surface area contributed by atoms with E-state index in [9.17, 15) is 9.59 Å². The molecule has 1 fully saturated rings. The molecule has 1 unspecified atom stereocenters. The van der Waals surface area contributed by atoms with E-state index < -0.39 is 5.60 Å². The fraction of sp³-hybridized carbons (Fsp3) is 0.562. The molecule has 120 valence electrons. The minimum atomic E-state index is -0.513. The van der Waals surface area contributed by atoms with Gasteiger partial charge in [0.2, 0.25) is 0 Å². The van der Waals surface area contributed by atoms with E-state index in [0.29, 0.717) is 18.8 Å². The molecule has 6 heteroatoms. The predicted octanol–water partition coefficient (Wildman–Crippen LogP) is 2.21. The van der Waals surface area contributed by atoms with Crippen molar-refractivity contribution in [2.45, 2.75) is 45.3 Å². The van der Waals surface area contributed by atoms with E-state index in [1.165, 1.54) is 0 Å². The average Bonchev–Trinajstić information content (AvgIpc) is 2.46. The number of nitrogens with zero attached hydrogens (tertiary/aromatic N) is 2. The SMILES string of the molecule is CC(C)(C)OC(=O)N1CCCC(NC(=O)c2ccccn2)C1. The molecule has 1 aromatic rings. The van der Waals surface area contributed by atoms with E-state index in [2.05, 4.69) is 10.3 Å². The monoisotopic (exact) mass is 305 g/mol. The molecule has 0 aliphatic carbocycles. The number of likely N-dealkylation sites (tertiary alicyclic amines) is 1. The molecule has 0 aromatic carbocycles. The summed E-state index contributed by atoms with van der Waals surface area (Å²) in [5, 5.41) is 2.93. The van der Waals surface area contributed by atoms with Gasteiger partial charge in [0.25, 0.3) is 5.91 Å². The molecule has 1 aliphatic heterocycles. The number of carbonyl (C=O) groups is 2. The van der Waals surface area contributed by atoms with Crippen LogP contribution in [0.5, 0.6) is 0 Å². The Morgan fingerprint density at radius 1 is 1.36 bits per heavy atom. The minimum absolute atomic E-state index is 0.0734. The van der Waals surface area contributed by atoms with Crippen molar-refractivity contribution in [3.05, 3.63) is 30.1 Å². The lowest BCUT2D eigenvalue weighted by Crippen LogP contribution is -2.50. The number of aromatic nitrogens is 1. The van der Waals surface area contributed by atoms with Crippen LogP contribution in [-0.4, -0.2) is 46.6 Å².